The zero-order valence-corrected chi connectivity index (χ0v) is 16.8. The summed E-state index contributed by atoms with van der Waals surface area (Å²) < 4.78 is 5.17. The summed E-state index contributed by atoms with van der Waals surface area (Å²) in [5, 5.41) is 13.0. The molecule has 3 N–H and O–H groups in total. The number of hydrogen-bond acceptors (Lipinski definition) is 5. The van der Waals surface area contributed by atoms with Crippen LogP contribution in [0.25, 0.3) is 10.9 Å². The van der Waals surface area contributed by atoms with Gasteiger partial charge in [-0.05, 0) is 25.5 Å². The third-order valence-corrected chi connectivity index (χ3v) is 4.64. The molecule has 1 aromatic heterocycles. The molecule has 2 unspecified atom stereocenters. The van der Waals surface area contributed by atoms with E-state index in [-0.39, 0.29) is 36.5 Å². The van der Waals surface area contributed by atoms with Crippen molar-refractivity contribution in [2.24, 2.45) is 0 Å². The maximum atomic E-state index is 12.3. The van der Waals surface area contributed by atoms with Gasteiger partial charge in [-0.2, -0.15) is 5.10 Å². The fourth-order valence-electron chi connectivity index (χ4n) is 2.96. The highest BCUT2D eigenvalue weighted by Gasteiger charge is 2.20. The molecular weight excluding hydrogens is 384 g/mol. The fraction of sp³-hybridized carbons (Fsp3) is 0.273. The van der Waals surface area contributed by atoms with Crippen molar-refractivity contribution in [3.63, 3.8) is 0 Å². The third-order valence-electron chi connectivity index (χ3n) is 4.64. The summed E-state index contributed by atoms with van der Waals surface area (Å²) in [6, 6.07) is 16.6. The number of carbonyl (C=O) groups excluding carboxylic acids is 3. The quantitative estimate of drug-likeness (QED) is 0.496. The molecule has 3 rings (SSSR count). The first-order chi connectivity index (χ1) is 14.5. The Morgan fingerprint density at radius 2 is 1.73 bits per heavy atom. The molecule has 0 saturated heterocycles. The largest absolute Gasteiger partial charge is 0.452 e. The number of nitrogens with zero attached hydrogens (tertiary/aromatic N) is 1. The van der Waals surface area contributed by atoms with E-state index in [0.717, 1.165) is 11.1 Å². The average molecular weight is 408 g/mol. The second-order valence-electron chi connectivity index (χ2n) is 6.90. The maximum absolute atomic E-state index is 12.3. The van der Waals surface area contributed by atoms with Crippen LogP contribution in [0.4, 0.5) is 0 Å². The molecule has 0 spiro atoms. The zero-order valence-electron chi connectivity index (χ0n) is 16.8. The SMILES string of the molecule is CC(OC(=O)CCNC(=O)c1n[nH]c2ccccc12)C(=O)NC(C)c1ccccc1. The van der Waals surface area contributed by atoms with Crippen molar-refractivity contribution in [3.05, 3.63) is 65.9 Å². The number of H-pyrrole nitrogens is 1. The molecule has 0 aliphatic heterocycles. The summed E-state index contributed by atoms with van der Waals surface area (Å²) >= 11 is 0. The summed E-state index contributed by atoms with van der Waals surface area (Å²) in [5.74, 6) is -1.34. The first kappa shape index (κ1) is 21.0. The van der Waals surface area contributed by atoms with Gasteiger partial charge in [-0.1, -0.05) is 48.5 Å². The van der Waals surface area contributed by atoms with Gasteiger partial charge in [0, 0.05) is 11.9 Å². The number of nitrogens with one attached hydrogen (secondary N) is 3. The highest BCUT2D eigenvalue weighted by atomic mass is 16.5. The first-order valence-electron chi connectivity index (χ1n) is 9.72. The summed E-state index contributed by atoms with van der Waals surface area (Å²) in [5.41, 5.74) is 1.98. The normalized spacial score (nSPS) is 12.7. The Hall–Kier alpha value is -3.68. The number of esters is 1. The van der Waals surface area contributed by atoms with E-state index in [1.165, 1.54) is 6.92 Å². The van der Waals surface area contributed by atoms with Crippen LogP contribution in [0, 0.1) is 0 Å². The number of fused-ring (bicyclic) bond motifs is 1. The first-order valence-corrected chi connectivity index (χ1v) is 9.72. The Labute approximate surface area is 174 Å². The number of carbonyl (C=O) groups is 3. The Morgan fingerprint density at radius 1 is 1.03 bits per heavy atom. The van der Waals surface area contributed by atoms with Crippen LogP contribution < -0.4 is 10.6 Å². The van der Waals surface area contributed by atoms with E-state index in [1.807, 2.05) is 55.5 Å². The predicted molar refractivity (Wildman–Crippen MR) is 112 cm³/mol. The molecule has 2 amide bonds. The second kappa shape index (κ2) is 9.69. The molecule has 8 nitrogen and oxygen atoms in total. The Balaban J connectivity index is 1.42. The summed E-state index contributed by atoms with van der Waals surface area (Å²) in [7, 11) is 0. The minimum absolute atomic E-state index is 0.0556. The molecule has 0 aliphatic carbocycles. The van der Waals surface area contributed by atoms with Crippen LogP contribution in [0.5, 0.6) is 0 Å². The van der Waals surface area contributed by atoms with Gasteiger partial charge in [0.25, 0.3) is 11.8 Å². The molecule has 156 valence electrons. The second-order valence-corrected chi connectivity index (χ2v) is 6.90. The van der Waals surface area contributed by atoms with Gasteiger partial charge in [-0.25, -0.2) is 0 Å². The van der Waals surface area contributed by atoms with Crippen molar-refractivity contribution in [1.82, 2.24) is 20.8 Å². The minimum Gasteiger partial charge on any atom is -0.452 e. The number of aromatic amines is 1. The van der Waals surface area contributed by atoms with Gasteiger partial charge >= 0.3 is 5.97 Å². The topological polar surface area (TPSA) is 113 Å². The number of benzene rings is 2. The summed E-state index contributed by atoms with van der Waals surface area (Å²) in [4.78, 5) is 36.6. The molecule has 2 aromatic carbocycles. The third kappa shape index (κ3) is 5.22. The average Bonchev–Trinajstić information content (AvgIpc) is 3.18. The van der Waals surface area contributed by atoms with Gasteiger partial charge in [0.15, 0.2) is 11.8 Å². The molecule has 8 heteroatoms. The van der Waals surface area contributed by atoms with E-state index in [2.05, 4.69) is 20.8 Å². The zero-order chi connectivity index (χ0) is 21.5. The van der Waals surface area contributed by atoms with Crippen LogP contribution in [0.1, 0.15) is 42.4 Å². The molecule has 0 saturated carbocycles. The van der Waals surface area contributed by atoms with E-state index >= 15 is 0 Å². The fourth-order valence-corrected chi connectivity index (χ4v) is 2.96. The number of hydrogen-bond donors (Lipinski definition) is 3. The highest BCUT2D eigenvalue weighted by molar-refractivity contribution is 6.04. The Morgan fingerprint density at radius 3 is 2.50 bits per heavy atom. The summed E-state index contributed by atoms with van der Waals surface area (Å²) in [6.45, 7) is 3.45. The van der Waals surface area contributed by atoms with Crippen LogP contribution >= 0.6 is 0 Å². The lowest BCUT2D eigenvalue weighted by Crippen LogP contribution is -2.37. The standard InChI is InChI=1S/C22H24N4O4/c1-14(16-8-4-3-5-9-16)24-21(28)15(2)30-19(27)12-13-23-22(29)20-17-10-6-7-11-18(17)25-26-20/h3-11,14-15H,12-13H2,1-2H3,(H,23,29)(H,24,28)(H,25,26). The Bertz CT molecular complexity index is 1030. The molecule has 0 radical (unpaired) electrons. The minimum atomic E-state index is -0.936. The molecule has 30 heavy (non-hydrogen) atoms. The molecule has 2 atom stereocenters. The predicted octanol–water partition coefficient (Wildman–Crippen LogP) is 2.49. The van der Waals surface area contributed by atoms with E-state index in [4.69, 9.17) is 4.74 Å². The smallest absolute Gasteiger partial charge is 0.308 e. The van der Waals surface area contributed by atoms with E-state index < -0.39 is 12.1 Å². The van der Waals surface area contributed by atoms with Gasteiger partial charge in [-0.3, -0.25) is 19.5 Å². The lowest BCUT2D eigenvalue weighted by molar-refractivity contribution is -0.154. The molecular formula is C22H24N4O4. The Kier molecular flexibility index (Phi) is 6.79. The number of ether oxygens (including phenoxy) is 1. The molecule has 3 aromatic rings. The van der Waals surface area contributed by atoms with Crippen molar-refractivity contribution >= 4 is 28.7 Å². The lowest BCUT2D eigenvalue weighted by Gasteiger charge is -2.18. The van der Waals surface area contributed by atoms with Gasteiger partial charge in [0.2, 0.25) is 0 Å². The van der Waals surface area contributed by atoms with Gasteiger partial charge < -0.3 is 15.4 Å². The summed E-state index contributed by atoms with van der Waals surface area (Å²) in [6.07, 6.45) is -0.991. The van der Waals surface area contributed by atoms with Crippen LogP contribution in [0.2, 0.25) is 0 Å². The number of aromatic nitrogens is 2. The van der Waals surface area contributed by atoms with Gasteiger partial charge in [0.05, 0.1) is 18.0 Å². The van der Waals surface area contributed by atoms with Crippen molar-refractivity contribution < 1.29 is 19.1 Å². The van der Waals surface area contributed by atoms with Crippen molar-refractivity contribution in [1.29, 1.82) is 0 Å². The number of rotatable bonds is 8. The lowest BCUT2D eigenvalue weighted by atomic mass is 10.1. The van der Waals surface area contributed by atoms with E-state index in [0.29, 0.717) is 5.39 Å². The highest BCUT2D eigenvalue weighted by Crippen LogP contribution is 2.15. The molecule has 0 fully saturated rings. The van der Waals surface area contributed by atoms with E-state index in [1.54, 1.807) is 6.07 Å². The van der Waals surface area contributed by atoms with Crippen LogP contribution in [-0.4, -0.2) is 40.6 Å². The van der Waals surface area contributed by atoms with Crippen molar-refractivity contribution in [2.45, 2.75) is 32.4 Å². The molecule has 0 bridgehead atoms. The van der Waals surface area contributed by atoms with E-state index in [9.17, 15) is 14.4 Å². The van der Waals surface area contributed by atoms with Crippen molar-refractivity contribution in [3.8, 4) is 0 Å². The van der Waals surface area contributed by atoms with Crippen molar-refractivity contribution in [2.75, 3.05) is 6.54 Å². The number of amides is 2. The molecule has 1 heterocycles. The maximum Gasteiger partial charge on any atom is 0.308 e. The van der Waals surface area contributed by atoms with Gasteiger partial charge in [-0.15, -0.1) is 0 Å². The monoisotopic (exact) mass is 408 g/mol. The molecule has 0 aliphatic rings. The van der Waals surface area contributed by atoms with Crippen LogP contribution in [0.3, 0.4) is 0 Å². The van der Waals surface area contributed by atoms with Gasteiger partial charge in [0.1, 0.15) is 0 Å². The number of para-hydroxylation sites is 1. The van der Waals surface area contributed by atoms with Crippen LogP contribution in [-0.2, 0) is 14.3 Å². The van der Waals surface area contributed by atoms with Crippen LogP contribution in [0.15, 0.2) is 54.6 Å².